The summed E-state index contributed by atoms with van der Waals surface area (Å²) in [5, 5.41) is 12.2. The summed E-state index contributed by atoms with van der Waals surface area (Å²) in [7, 11) is 0. The molecule has 0 bridgehead atoms. The first-order chi connectivity index (χ1) is 15.1. The van der Waals surface area contributed by atoms with Crippen molar-refractivity contribution < 1.29 is 19.4 Å². The minimum absolute atomic E-state index is 0.0963. The van der Waals surface area contributed by atoms with E-state index in [2.05, 4.69) is 20.3 Å². The third-order valence-corrected chi connectivity index (χ3v) is 4.73. The number of nitrogens with zero attached hydrogens (tertiary/aromatic N) is 2. The third-order valence-electron chi connectivity index (χ3n) is 4.73. The van der Waals surface area contributed by atoms with E-state index in [1.54, 1.807) is 18.2 Å². The maximum atomic E-state index is 12.8. The molecule has 2 aromatic carbocycles. The van der Waals surface area contributed by atoms with Gasteiger partial charge in [0.25, 0.3) is 5.91 Å². The largest absolute Gasteiger partial charge is 0.508 e. The highest BCUT2D eigenvalue weighted by molar-refractivity contribution is 5.97. The number of carbonyl (C=O) groups excluding carboxylic acids is 2. The van der Waals surface area contributed by atoms with Crippen LogP contribution in [-0.2, 0) is 22.6 Å². The molecule has 0 radical (unpaired) electrons. The van der Waals surface area contributed by atoms with Gasteiger partial charge in [-0.25, -0.2) is 14.8 Å². The molecule has 3 N–H and O–H groups in total. The van der Waals surface area contributed by atoms with E-state index in [9.17, 15) is 14.7 Å². The van der Waals surface area contributed by atoms with Crippen molar-refractivity contribution in [3.05, 3.63) is 90.0 Å². The van der Waals surface area contributed by atoms with E-state index < -0.39 is 17.9 Å². The second kappa shape index (κ2) is 9.08. The first kappa shape index (κ1) is 20.1. The van der Waals surface area contributed by atoms with E-state index in [0.717, 1.165) is 11.1 Å². The molecule has 0 aliphatic rings. The Bertz CT molecular complexity index is 1190. The summed E-state index contributed by atoms with van der Waals surface area (Å²) in [5.74, 6) is -0.955. The lowest BCUT2D eigenvalue weighted by molar-refractivity contribution is -0.147. The molecule has 0 saturated carbocycles. The Morgan fingerprint density at radius 1 is 1.03 bits per heavy atom. The minimum Gasteiger partial charge on any atom is -0.508 e. The van der Waals surface area contributed by atoms with Crippen LogP contribution in [0.4, 0.5) is 0 Å². The number of ether oxygens (including phenoxy) is 1. The second-order valence-corrected chi connectivity index (χ2v) is 6.98. The molecule has 0 spiro atoms. The van der Waals surface area contributed by atoms with Gasteiger partial charge in [0.05, 0.1) is 23.6 Å². The number of amides is 1. The van der Waals surface area contributed by atoms with Crippen molar-refractivity contribution in [2.75, 3.05) is 0 Å². The Labute approximate surface area is 177 Å². The summed E-state index contributed by atoms with van der Waals surface area (Å²) in [6.07, 6.45) is 3.23. The van der Waals surface area contributed by atoms with Gasteiger partial charge in [0.15, 0.2) is 0 Å². The number of aromatic amines is 1. The van der Waals surface area contributed by atoms with Crippen LogP contribution in [0.2, 0.25) is 0 Å². The van der Waals surface area contributed by atoms with E-state index in [4.69, 9.17) is 4.74 Å². The van der Waals surface area contributed by atoms with Gasteiger partial charge in [-0.15, -0.1) is 0 Å². The molecule has 0 aliphatic heterocycles. The molecular formula is C23H20N4O4. The van der Waals surface area contributed by atoms with Crippen LogP contribution in [0.5, 0.6) is 5.75 Å². The molecule has 4 rings (SSSR count). The van der Waals surface area contributed by atoms with Crippen molar-refractivity contribution in [2.24, 2.45) is 0 Å². The van der Waals surface area contributed by atoms with Crippen LogP contribution in [0.3, 0.4) is 0 Å². The van der Waals surface area contributed by atoms with Gasteiger partial charge in [0.1, 0.15) is 24.1 Å². The number of phenolic OH excluding ortho intramolecular Hbond substituents is 1. The zero-order chi connectivity index (χ0) is 21.6. The maximum absolute atomic E-state index is 12.8. The van der Waals surface area contributed by atoms with E-state index in [-0.39, 0.29) is 24.5 Å². The molecule has 0 aliphatic carbocycles. The summed E-state index contributed by atoms with van der Waals surface area (Å²) in [6, 6.07) is 16.3. The molecule has 156 valence electrons. The number of carbonyl (C=O) groups is 2. The van der Waals surface area contributed by atoms with Crippen molar-refractivity contribution in [3.63, 3.8) is 0 Å². The monoisotopic (exact) mass is 416 g/mol. The number of phenols is 1. The smallest absolute Gasteiger partial charge is 0.329 e. The fraction of sp³-hybridized carbons (Fsp3) is 0.130. The molecule has 1 atom stereocenters. The number of imidazole rings is 1. The molecule has 0 fully saturated rings. The lowest BCUT2D eigenvalue weighted by atomic mass is 10.1. The summed E-state index contributed by atoms with van der Waals surface area (Å²) < 4.78 is 5.44. The Balaban J connectivity index is 1.50. The molecule has 1 amide bonds. The average Bonchev–Trinajstić information content (AvgIpc) is 3.27. The maximum Gasteiger partial charge on any atom is 0.329 e. The number of benzene rings is 2. The van der Waals surface area contributed by atoms with Crippen LogP contribution in [0.1, 0.15) is 21.6 Å². The number of pyridine rings is 1. The topological polar surface area (TPSA) is 117 Å². The molecule has 8 heteroatoms. The summed E-state index contributed by atoms with van der Waals surface area (Å²) in [6.45, 7) is 0.0963. The van der Waals surface area contributed by atoms with Crippen molar-refractivity contribution in [1.82, 2.24) is 20.3 Å². The summed E-state index contributed by atoms with van der Waals surface area (Å²) in [4.78, 5) is 36.8. The van der Waals surface area contributed by atoms with Crippen molar-refractivity contribution >= 4 is 22.9 Å². The highest BCUT2D eigenvalue weighted by Crippen LogP contribution is 2.14. The Morgan fingerprint density at radius 2 is 1.81 bits per heavy atom. The highest BCUT2D eigenvalue weighted by atomic mass is 16.5. The molecule has 8 nitrogen and oxygen atoms in total. The van der Waals surface area contributed by atoms with E-state index >= 15 is 0 Å². The van der Waals surface area contributed by atoms with Crippen molar-refractivity contribution in [1.29, 1.82) is 0 Å². The van der Waals surface area contributed by atoms with Gasteiger partial charge >= 0.3 is 5.97 Å². The number of nitrogens with one attached hydrogen (secondary N) is 2. The molecule has 0 saturated heterocycles. The normalized spacial score (nSPS) is 11.7. The average molecular weight is 416 g/mol. The lowest BCUT2D eigenvalue weighted by Crippen LogP contribution is -2.43. The quantitative estimate of drug-likeness (QED) is 0.399. The second-order valence-electron chi connectivity index (χ2n) is 6.98. The van der Waals surface area contributed by atoms with Gasteiger partial charge in [-0.3, -0.25) is 4.79 Å². The Hall–Kier alpha value is -4.20. The zero-order valence-electron chi connectivity index (χ0n) is 16.5. The summed E-state index contributed by atoms with van der Waals surface area (Å²) >= 11 is 0. The van der Waals surface area contributed by atoms with Crippen LogP contribution >= 0.6 is 0 Å². The van der Waals surface area contributed by atoms with Gasteiger partial charge in [-0.1, -0.05) is 42.5 Å². The number of rotatable bonds is 7. The number of aromatic hydroxyl groups is 1. The molecule has 0 unspecified atom stereocenters. The van der Waals surface area contributed by atoms with E-state index in [0.29, 0.717) is 11.0 Å². The first-order valence-corrected chi connectivity index (χ1v) is 9.67. The number of hydrogen-bond donors (Lipinski definition) is 3. The standard InChI is InChI=1S/C23H20N4O4/c28-17-8-6-15(7-9-17)10-20(23(30)31-13-16-4-2-1-3-5-16)27-22(29)19-11-18-21(12-24-19)26-14-25-18/h1-9,11-12,14,20,28H,10,13H2,(H,25,26)(H,27,29)/t20-/m0/s1. The molecule has 2 heterocycles. The highest BCUT2D eigenvalue weighted by Gasteiger charge is 2.24. The predicted molar refractivity (Wildman–Crippen MR) is 113 cm³/mol. The minimum atomic E-state index is -0.933. The summed E-state index contributed by atoms with van der Waals surface area (Å²) in [5.41, 5.74) is 3.05. The Kier molecular flexibility index (Phi) is 5.89. The number of esters is 1. The van der Waals surface area contributed by atoms with Crippen LogP contribution < -0.4 is 5.32 Å². The molecule has 31 heavy (non-hydrogen) atoms. The van der Waals surface area contributed by atoms with Gasteiger partial charge in [0, 0.05) is 6.42 Å². The molecular weight excluding hydrogens is 396 g/mol. The van der Waals surface area contributed by atoms with Crippen molar-refractivity contribution in [2.45, 2.75) is 19.1 Å². The fourth-order valence-corrected chi connectivity index (χ4v) is 3.08. The predicted octanol–water partition coefficient (Wildman–Crippen LogP) is 2.75. The molecule has 4 aromatic rings. The first-order valence-electron chi connectivity index (χ1n) is 9.67. The van der Waals surface area contributed by atoms with Crippen LogP contribution in [0.15, 0.2) is 73.2 Å². The number of H-pyrrole nitrogens is 1. The fourth-order valence-electron chi connectivity index (χ4n) is 3.08. The van der Waals surface area contributed by atoms with Gasteiger partial charge < -0.3 is 20.1 Å². The van der Waals surface area contributed by atoms with Crippen LogP contribution in [0.25, 0.3) is 11.0 Å². The number of fused-ring (bicyclic) bond motifs is 1. The third kappa shape index (κ3) is 5.05. The van der Waals surface area contributed by atoms with Gasteiger partial charge in [-0.2, -0.15) is 0 Å². The van der Waals surface area contributed by atoms with Crippen LogP contribution in [0, 0.1) is 0 Å². The number of hydrogen-bond acceptors (Lipinski definition) is 6. The van der Waals surface area contributed by atoms with Gasteiger partial charge in [0.2, 0.25) is 0 Å². The zero-order valence-corrected chi connectivity index (χ0v) is 16.5. The Morgan fingerprint density at radius 3 is 2.58 bits per heavy atom. The number of aromatic nitrogens is 3. The van der Waals surface area contributed by atoms with Crippen LogP contribution in [-0.4, -0.2) is 38.0 Å². The lowest BCUT2D eigenvalue weighted by Gasteiger charge is -2.18. The van der Waals surface area contributed by atoms with Crippen molar-refractivity contribution in [3.8, 4) is 5.75 Å². The van der Waals surface area contributed by atoms with Gasteiger partial charge in [-0.05, 0) is 29.3 Å². The molecule has 2 aromatic heterocycles. The SMILES string of the molecule is O=C(N[C@@H](Cc1ccc(O)cc1)C(=O)OCc1ccccc1)c1cc2nc[nH]c2cn1. The van der Waals surface area contributed by atoms with E-state index in [1.807, 2.05) is 30.3 Å². The van der Waals surface area contributed by atoms with E-state index in [1.165, 1.54) is 24.7 Å².